The van der Waals surface area contributed by atoms with Gasteiger partial charge in [-0.1, -0.05) is 0 Å². The average Bonchev–Trinajstić information content (AvgIpc) is 2.79. The fourth-order valence-corrected chi connectivity index (χ4v) is 2.86. The second kappa shape index (κ2) is 9.16. The molecule has 146 valence electrons. The van der Waals surface area contributed by atoms with Crippen LogP contribution in [0.3, 0.4) is 0 Å². The number of nitrogens with zero attached hydrogens (tertiary/aromatic N) is 5. The van der Waals surface area contributed by atoms with E-state index in [1.165, 1.54) is 12.1 Å². The summed E-state index contributed by atoms with van der Waals surface area (Å²) in [6.45, 7) is 2.46. The summed E-state index contributed by atoms with van der Waals surface area (Å²) in [5, 5.41) is 16.8. The largest absolute Gasteiger partial charge is 0.361 e. The smallest absolute Gasteiger partial charge is 0.123 e. The molecule has 0 spiro atoms. The Hall–Kier alpha value is -3.45. The van der Waals surface area contributed by atoms with E-state index in [0.717, 1.165) is 36.6 Å². The highest BCUT2D eigenvalue weighted by Crippen LogP contribution is 2.25. The van der Waals surface area contributed by atoms with Gasteiger partial charge in [0.1, 0.15) is 12.5 Å². The summed E-state index contributed by atoms with van der Waals surface area (Å²) >= 11 is 0. The summed E-state index contributed by atoms with van der Waals surface area (Å²) in [7, 11) is 0. The van der Waals surface area contributed by atoms with Gasteiger partial charge in [-0.3, -0.25) is 0 Å². The molecule has 1 heterocycles. The Kier molecular flexibility index (Phi) is 5.97. The van der Waals surface area contributed by atoms with Crippen molar-refractivity contribution in [3.63, 3.8) is 0 Å². The van der Waals surface area contributed by atoms with Gasteiger partial charge in [-0.15, -0.1) is 0 Å². The maximum absolute atomic E-state index is 12.9. The second-order valence-corrected chi connectivity index (χ2v) is 6.56. The predicted octanol–water partition coefficient (Wildman–Crippen LogP) is 6.84. The number of rotatable bonds is 5. The summed E-state index contributed by atoms with van der Waals surface area (Å²) in [4.78, 5) is 2.20. The lowest BCUT2D eigenvalue weighted by Gasteiger charge is -2.28. The van der Waals surface area contributed by atoms with Crippen molar-refractivity contribution < 1.29 is 9.13 Å². The Morgan fingerprint density at radius 3 is 1.55 bits per heavy atom. The molecule has 1 aliphatic heterocycles. The molecule has 0 N–H and O–H groups in total. The van der Waals surface area contributed by atoms with Crippen molar-refractivity contribution >= 4 is 28.4 Å². The van der Waals surface area contributed by atoms with E-state index in [0.29, 0.717) is 18.1 Å². The first-order valence-electron chi connectivity index (χ1n) is 9.38. The van der Waals surface area contributed by atoms with E-state index in [4.69, 9.17) is 4.74 Å². The first-order valence-corrected chi connectivity index (χ1v) is 9.38. The number of benzene rings is 3. The van der Waals surface area contributed by atoms with Gasteiger partial charge >= 0.3 is 0 Å². The van der Waals surface area contributed by atoms with E-state index >= 15 is 0 Å². The minimum absolute atomic E-state index is 0.297. The molecular formula is C22H20FN5O. The Labute approximate surface area is 168 Å². The van der Waals surface area contributed by atoms with Crippen molar-refractivity contribution in [3.05, 3.63) is 78.6 Å². The van der Waals surface area contributed by atoms with E-state index in [2.05, 4.69) is 25.4 Å². The molecule has 0 radical (unpaired) electrons. The molecule has 0 aliphatic carbocycles. The van der Waals surface area contributed by atoms with E-state index in [1.807, 2.05) is 36.4 Å². The van der Waals surface area contributed by atoms with Crippen LogP contribution in [0.2, 0.25) is 0 Å². The van der Waals surface area contributed by atoms with Crippen LogP contribution < -0.4 is 4.90 Å². The van der Waals surface area contributed by atoms with Crippen molar-refractivity contribution in [2.24, 2.45) is 20.5 Å². The fraction of sp³-hybridized carbons (Fsp3) is 0.182. The average molecular weight is 389 g/mol. The normalized spacial score (nSPS) is 14.7. The molecule has 4 rings (SSSR count). The topological polar surface area (TPSA) is 61.9 Å². The first kappa shape index (κ1) is 18.9. The summed E-state index contributed by atoms with van der Waals surface area (Å²) in [5.41, 5.74) is 3.90. The summed E-state index contributed by atoms with van der Waals surface area (Å²) in [6.07, 6.45) is 1.04. The molecule has 1 aliphatic rings. The van der Waals surface area contributed by atoms with Gasteiger partial charge in [0.15, 0.2) is 0 Å². The Balaban J connectivity index is 1.36. The van der Waals surface area contributed by atoms with Crippen molar-refractivity contribution in [2.45, 2.75) is 6.42 Å². The molecule has 0 aromatic heterocycles. The number of azo groups is 2. The third kappa shape index (κ3) is 5.30. The van der Waals surface area contributed by atoms with E-state index in [1.54, 1.807) is 24.3 Å². The third-order valence-corrected chi connectivity index (χ3v) is 4.42. The molecule has 1 fully saturated rings. The maximum Gasteiger partial charge on any atom is 0.123 e. The molecule has 0 unspecified atom stereocenters. The summed E-state index contributed by atoms with van der Waals surface area (Å²) in [5.74, 6) is -0.297. The minimum Gasteiger partial charge on any atom is -0.361 e. The SMILES string of the molecule is Fc1ccc(N=Nc2ccc(N=Nc3ccc(N4CCCOC4)cc3)cc2)cc1. The number of ether oxygens (including phenoxy) is 1. The van der Waals surface area contributed by atoms with Crippen LogP contribution in [0.5, 0.6) is 0 Å². The molecule has 0 saturated carbocycles. The quantitative estimate of drug-likeness (QED) is 0.448. The van der Waals surface area contributed by atoms with Gasteiger partial charge in [0.05, 0.1) is 29.4 Å². The molecule has 7 heteroatoms. The van der Waals surface area contributed by atoms with Crippen molar-refractivity contribution in [1.82, 2.24) is 0 Å². The van der Waals surface area contributed by atoms with Crippen LogP contribution in [-0.2, 0) is 4.74 Å². The zero-order chi connectivity index (χ0) is 19.9. The lowest BCUT2D eigenvalue weighted by Crippen LogP contribution is -2.32. The van der Waals surface area contributed by atoms with Crippen LogP contribution >= 0.6 is 0 Å². The number of hydrogen-bond acceptors (Lipinski definition) is 6. The maximum atomic E-state index is 12.9. The second-order valence-electron chi connectivity index (χ2n) is 6.56. The number of hydrogen-bond donors (Lipinski definition) is 0. The molecular weight excluding hydrogens is 369 g/mol. The zero-order valence-electron chi connectivity index (χ0n) is 15.8. The minimum atomic E-state index is -0.297. The predicted molar refractivity (Wildman–Crippen MR) is 110 cm³/mol. The monoisotopic (exact) mass is 389 g/mol. The molecule has 29 heavy (non-hydrogen) atoms. The van der Waals surface area contributed by atoms with E-state index < -0.39 is 0 Å². The number of halogens is 1. The highest BCUT2D eigenvalue weighted by molar-refractivity contribution is 5.53. The summed E-state index contributed by atoms with van der Waals surface area (Å²) in [6, 6.07) is 21.1. The van der Waals surface area contributed by atoms with E-state index in [-0.39, 0.29) is 5.82 Å². The first-order chi connectivity index (χ1) is 14.3. The molecule has 0 amide bonds. The lowest BCUT2D eigenvalue weighted by atomic mass is 10.2. The molecule has 3 aromatic carbocycles. The van der Waals surface area contributed by atoms with Gasteiger partial charge in [0.2, 0.25) is 0 Å². The molecule has 0 bridgehead atoms. The van der Waals surface area contributed by atoms with Crippen LogP contribution in [0, 0.1) is 5.82 Å². The van der Waals surface area contributed by atoms with Gasteiger partial charge in [-0.2, -0.15) is 20.5 Å². The van der Waals surface area contributed by atoms with Crippen molar-refractivity contribution in [1.29, 1.82) is 0 Å². The van der Waals surface area contributed by atoms with Gasteiger partial charge < -0.3 is 9.64 Å². The van der Waals surface area contributed by atoms with Gasteiger partial charge in [0, 0.05) is 12.2 Å². The molecule has 3 aromatic rings. The lowest BCUT2D eigenvalue weighted by molar-refractivity contribution is 0.107. The van der Waals surface area contributed by atoms with Gasteiger partial charge in [-0.25, -0.2) is 4.39 Å². The molecule has 0 atom stereocenters. The van der Waals surface area contributed by atoms with Gasteiger partial charge in [0.25, 0.3) is 0 Å². The third-order valence-electron chi connectivity index (χ3n) is 4.42. The molecule has 6 nitrogen and oxygen atoms in total. The van der Waals surface area contributed by atoms with Crippen LogP contribution in [0.15, 0.2) is 93.3 Å². The standard InChI is InChI=1S/C22H20FN5O/c23-17-2-4-18(5-3-17)24-25-19-6-8-20(9-7-19)26-27-21-10-12-22(13-11-21)28-14-1-15-29-16-28/h2-13H,1,14-16H2. The summed E-state index contributed by atoms with van der Waals surface area (Å²) < 4.78 is 18.4. The van der Waals surface area contributed by atoms with Crippen LogP contribution in [0.25, 0.3) is 0 Å². The van der Waals surface area contributed by atoms with Crippen molar-refractivity contribution in [3.8, 4) is 0 Å². The van der Waals surface area contributed by atoms with Crippen LogP contribution in [0.1, 0.15) is 6.42 Å². The Morgan fingerprint density at radius 2 is 1.10 bits per heavy atom. The van der Waals surface area contributed by atoms with Crippen LogP contribution in [0.4, 0.5) is 32.8 Å². The fourth-order valence-electron chi connectivity index (χ4n) is 2.86. The zero-order valence-corrected chi connectivity index (χ0v) is 15.8. The van der Waals surface area contributed by atoms with E-state index in [9.17, 15) is 4.39 Å². The Bertz CT molecular complexity index is 979. The molecule has 1 saturated heterocycles. The highest BCUT2D eigenvalue weighted by Gasteiger charge is 2.10. The van der Waals surface area contributed by atoms with Crippen molar-refractivity contribution in [2.75, 3.05) is 24.8 Å². The van der Waals surface area contributed by atoms with Gasteiger partial charge in [-0.05, 0) is 79.2 Å². The Morgan fingerprint density at radius 1 is 0.655 bits per heavy atom. The highest BCUT2D eigenvalue weighted by atomic mass is 19.1. The number of anilines is 1. The van der Waals surface area contributed by atoms with Crippen LogP contribution in [-0.4, -0.2) is 19.9 Å².